The zero-order valence-electron chi connectivity index (χ0n) is 11.9. The molecule has 118 valence electrons. The van der Waals surface area contributed by atoms with Gasteiger partial charge in [-0.1, -0.05) is 6.92 Å². The minimum atomic E-state index is -4.47. The van der Waals surface area contributed by atoms with Crippen LogP contribution < -0.4 is 5.32 Å². The van der Waals surface area contributed by atoms with Crippen LogP contribution in [0.25, 0.3) is 0 Å². The summed E-state index contributed by atoms with van der Waals surface area (Å²) in [6, 6.07) is 1.01. The third-order valence-electron chi connectivity index (χ3n) is 3.10. The minimum absolute atomic E-state index is 0.0198. The van der Waals surface area contributed by atoms with Crippen LogP contribution in [0.4, 0.5) is 19.1 Å². The molecule has 1 aliphatic rings. The molecule has 4 nitrogen and oxygen atoms in total. The summed E-state index contributed by atoms with van der Waals surface area (Å²) in [6.07, 6.45) is -2.85. The Morgan fingerprint density at radius 2 is 2.19 bits per heavy atom. The summed E-state index contributed by atoms with van der Waals surface area (Å²) in [5, 5.41) is 3.27. The fourth-order valence-electron chi connectivity index (χ4n) is 1.97. The molecule has 8 heteroatoms. The third kappa shape index (κ3) is 4.47. The smallest absolute Gasteiger partial charge is 0.377 e. The van der Waals surface area contributed by atoms with Gasteiger partial charge in [0.25, 0.3) is 0 Å². The maximum absolute atomic E-state index is 12.9. The van der Waals surface area contributed by atoms with E-state index in [-0.39, 0.29) is 17.3 Å². The average Bonchev–Trinajstić information content (AvgIpc) is 2.81. The highest BCUT2D eigenvalue weighted by Crippen LogP contribution is 2.35. The van der Waals surface area contributed by atoms with Gasteiger partial charge >= 0.3 is 6.18 Å². The number of halogens is 3. The van der Waals surface area contributed by atoms with Gasteiger partial charge in [-0.15, -0.1) is 11.8 Å². The van der Waals surface area contributed by atoms with Crippen molar-refractivity contribution in [2.24, 2.45) is 0 Å². The molecular weight excluding hydrogens is 303 g/mol. The number of nitrogens with one attached hydrogen (secondary N) is 1. The van der Waals surface area contributed by atoms with Gasteiger partial charge in [0.15, 0.2) is 5.69 Å². The Morgan fingerprint density at radius 3 is 2.76 bits per heavy atom. The highest BCUT2D eigenvalue weighted by Gasteiger charge is 2.34. The zero-order chi connectivity index (χ0) is 15.5. The molecule has 0 bridgehead atoms. The van der Waals surface area contributed by atoms with Crippen LogP contribution >= 0.6 is 11.8 Å². The fraction of sp³-hybridized carbons (Fsp3) is 0.692. The predicted molar refractivity (Wildman–Crippen MR) is 75.5 cm³/mol. The first-order valence-corrected chi connectivity index (χ1v) is 7.76. The van der Waals surface area contributed by atoms with Crippen LogP contribution in [0.5, 0.6) is 0 Å². The van der Waals surface area contributed by atoms with E-state index < -0.39 is 11.9 Å². The number of rotatable bonds is 5. The molecule has 0 amide bonds. The Hall–Kier alpha value is -1.02. The van der Waals surface area contributed by atoms with Gasteiger partial charge in [0, 0.05) is 24.5 Å². The predicted octanol–water partition coefficient (Wildman–Crippen LogP) is 3.59. The summed E-state index contributed by atoms with van der Waals surface area (Å²) in [6.45, 7) is 5.02. The Balaban J connectivity index is 2.22. The molecule has 0 saturated carbocycles. The molecule has 0 radical (unpaired) electrons. The molecule has 1 fully saturated rings. The van der Waals surface area contributed by atoms with Crippen molar-refractivity contribution in [3.63, 3.8) is 0 Å². The van der Waals surface area contributed by atoms with E-state index in [0.29, 0.717) is 18.2 Å². The Morgan fingerprint density at radius 1 is 1.43 bits per heavy atom. The second-order valence-corrected chi connectivity index (χ2v) is 6.12. The summed E-state index contributed by atoms with van der Waals surface area (Å²) >= 11 is 1.32. The summed E-state index contributed by atoms with van der Waals surface area (Å²) in [5.74, 6) is 0.0285. The molecule has 1 N–H and O–H groups in total. The third-order valence-corrected chi connectivity index (χ3v) is 4.48. The largest absolute Gasteiger partial charge is 0.433 e. The van der Waals surface area contributed by atoms with Crippen LogP contribution in [-0.4, -0.2) is 34.5 Å². The fourth-order valence-corrected chi connectivity index (χ4v) is 3.08. The van der Waals surface area contributed by atoms with Gasteiger partial charge in [0.2, 0.25) is 5.95 Å². The van der Waals surface area contributed by atoms with Crippen LogP contribution in [0.1, 0.15) is 32.4 Å². The topological polar surface area (TPSA) is 47.0 Å². The van der Waals surface area contributed by atoms with E-state index in [9.17, 15) is 13.2 Å². The highest BCUT2D eigenvalue weighted by atomic mass is 32.2. The van der Waals surface area contributed by atoms with Crippen molar-refractivity contribution in [3.8, 4) is 0 Å². The van der Waals surface area contributed by atoms with Crippen molar-refractivity contribution in [3.05, 3.63) is 11.8 Å². The molecule has 1 aromatic rings. The van der Waals surface area contributed by atoms with Crippen LogP contribution in [0, 0.1) is 0 Å². The average molecular weight is 321 g/mol. The van der Waals surface area contributed by atoms with Crippen LogP contribution in [0.2, 0.25) is 0 Å². The lowest BCUT2D eigenvalue weighted by molar-refractivity contribution is -0.141. The lowest BCUT2D eigenvalue weighted by atomic mass is 10.3. The number of anilines is 1. The van der Waals surface area contributed by atoms with E-state index in [4.69, 9.17) is 4.74 Å². The number of alkyl halides is 3. The number of aromatic nitrogens is 2. The molecule has 1 aromatic heterocycles. The summed E-state index contributed by atoms with van der Waals surface area (Å²) in [7, 11) is 0. The maximum Gasteiger partial charge on any atom is 0.433 e. The van der Waals surface area contributed by atoms with Gasteiger partial charge < -0.3 is 10.1 Å². The SMILES string of the molecule is CCCNc1nc(SC2CCOC2C)cc(C(F)(F)F)n1. The molecule has 0 aromatic carbocycles. The van der Waals surface area contributed by atoms with Crippen molar-refractivity contribution in [2.75, 3.05) is 18.5 Å². The first-order chi connectivity index (χ1) is 9.90. The van der Waals surface area contributed by atoms with Crippen molar-refractivity contribution in [2.45, 2.75) is 49.2 Å². The summed E-state index contributed by atoms with van der Waals surface area (Å²) in [5.41, 5.74) is -0.912. The molecule has 2 unspecified atom stereocenters. The quantitative estimate of drug-likeness (QED) is 0.840. The molecule has 1 aliphatic heterocycles. The molecule has 1 saturated heterocycles. The monoisotopic (exact) mass is 321 g/mol. The van der Waals surface area contributed by atoms with E-state index in [0.717, 1.165) is 18.9 Å². The van der Waals surface area contributed by atoms with E-state index in [1.165, 1.54) is 11.8 Å². The van der Waals surface area contributed by atoms with Crippen molar-refractivity contribution in [1.29, 1.82) is 0 Å². The zero-order valence-corrected chi connectivity index (χ0v) is 12.7. The van der Waals surface area contributed by atoms with Gasteiger partial charge in [-0.25, -0.2) is 9.97 Å². The second kappa shape index (κ2) is 6.83. The van der Waals surface area contributed by atoms with Gasteiger partial charge in [-0.2, -0.15) is 13.2 Å². The van der Waals surface area contributed by atoms with E-state index in [1.807, 2.05) is 13.8 Å². The maximum atomic E-state index is 12.9. The summed E-state index contributed by atoms with van der Waals surface area (Å²) in [4.78, 5) is 7.71. The van der Waals surface area contributed by atoms with Gasteiger partial charge in [-0.05, 0) is 19.8 Å². The number of nitrogens with zero attached hydrogens (tertiary/aromatic N) is 2. The normalized spacial score (nSPS) is 22.5. The van der Waals surface area contributed by atoms with Crippen LogP contribution in [0.15, 0.2) is 11.1 Å². The Kier molecular flexibility index (Phi) is 5.32. The molecular formula is C13H18F3N3OS. The molecule has 2 atom stereocenters. The molecule has 21 heavy (non-hydrogen) atoms. The van der Waals surface area contributed by atoms with E-state index in [1.54, 1.807) is 0 Å². The number of thioether (sulfide) groups is 1. The van der Waals surface area contributed by atoms with Crippen LogP contribution in [-0.2, 0) is 10.9 Å². The van der Waals surface area contributed by atoms with Gasteiger partial charge in [-0.3, -0.25) is 0 Å². The van der Waals surface area contributed by atoms with Crippen molar-refractivity contribution >= 4 is 17.7 Å². The van der Waals surface area contributed by atoms with Crippen molar-refractivity contribution < 1.29 is 17.9 Å². The molecule has 2 rings (SSSR count). The Labute approximate surface area is 125 Å². The molecule has 2 heterocycles. The second-order valence-electron chi connectivity index (χ2n) is 4.86. The first-order valence-electron chi connectivity index (χ1n) is 6.88. The van der Waals surface area contributed by atoms with E-state index >= 15 is 0 Å². The standard InChI is InChI=1S/C13H18F3N3OS/c1-3-5-17-12-18-10(13(14,15)16)7-11(19-12)21-9-4-6-20-8(9)2/h7-9H,3-6H2,1-2H3,(H,17,18,19). The number of hydrogen-bond donors (Lipinski definition) is 1. The highest BCUT2D eigenvalue weighted by molar-refractivity contribution is 7.99. The van der Waals surface area contributed by atoms with Crippen LogP contribution in [0.3, 0.4) is 0 Å². The van der Waals surface area contributed by atoms with Gasteiger partial charge in [0.1, 0.15) is 5.03 Å². The molecule has 0 spiro atoms. The first kappa shape index (κ1) is 16.4. The Bertz CT molecular complexity index is 484. The number of hydrogen-bond acceptors (Lipinski definition) is 5. The van der Waals surface area contributed by atoms with Crippen molar-refractivity contribution in [1.82, 2.24) is 9.97 Å². The van der Waals surface area contributed by atoms with Gasteiger partial charge in [0.05, 0.1) is 6.10 Å². The number of ether oxygens (including phenoxy) is 1. The van der Waals surface area contributed by atoms with E-state index in [2.05, 4.69) is 15.3 Å². The molecule has 0 aliphatic carbocycles. The lowest BCUT2D eigenvalue weighted by Gasteiger charge is -2.15. The lowest BCUT2D eigenvalue weighted by Crippen LogP contribution is -2.16. The summed E-state index contributed by atoms with van der Waals surface area (Å²) < 4.78 is 44.2. The minimum Gasteiger partial charge on any atom is -0.377 e.